The average Bonchev–Trinajstić information content (AvgIpc) is 2.30. The first-order valence-corrected chi connectivity index (χ1v) is 7.40. The molecule has 94 valence electrons. The van der Waals surface area contributed by atoms with Crippen molar-refractivity contribution in [2.75, 3.05) is 17.6 Å². The molecule has 0 aromatic heterocycles. The summed E-state index contributed by atoms with van der Waals surface area (Å²) < 4.78 is 25.3. The van der Waals surface area contributed by atoms with E-state index >= 15 is 0 Å². The van der Waals surface area contributed by atoms with Crippen molar-refractivity contribution in [1.82, 2.24) is 4.72 Å². The second-order valence-electron chi connectivity index (χ2n) is 3.28. The van der Waals surface area contributed by atoms with Crippen LogP contribution in [0, 0.1) is 0 Å². The van der Waals surface area contributed by atoms with Crippen LogP contribution in [0.4, 0.5) is 5.69 Å². The summed E-state index contributed by atoms with van der Waals surface area (Å²) in [4.78, 5) is 11.4. The van der Waals surface area contributed by atoms with Crippen LogP contribution in [0.15, 0.2) is 28.7 Å². The zero-order chi connectivity index (χ0) is 12.9. The zero-order valence-corrected chi connectivity index (χ0v) is 11.6. The lowest BCUT2D eigenvalue weighted by Gasteiger charge is -2.06. The number of rotatable bonds is 5. The third-order valence-electron chi connectivity index (χ3n) is 1.96. The second-order valence-corrected chi connectivity index (χ2v) is 6.29. The summed E-state index contributed by atoms with van der Waals surface area (Å²) in [5, 5.41) is 2.58. The summed E-state index contributed by atoms with van der Waals surface area (Å²) in [7, 11) is -3.33. The van der Waals surface area contributed by atoms with Gasteiger partial charge in [-0.15, -0.1) is 0 Å². The topological polar surface area (TPSA) is 75.3 Å². The molecule has 0 aliphatic heterocycles. The zero-order valence-electron chi connectivity index (χ0n) is 9.23. The number of nitrogens with one attached hydrogen (secondary N) is 2. The summed E-state index contributed by atoms with van der Waals surface area (Å²) in [6, 6.07) is 7.00. The van der Waals surface area contributed by atoms with Crippen LogP contribution in [0.3, 0.4) is 0 Å². The van der Waals surface area contributed by atoms with Gasteiger partial charge < -0.3 is 5.32 Å². The smallest absolute Gasteiger partial charge is 0.239 e. The van der Waals surface area contributed by atoms with E-state index < -0.39 is 15.9 Å². The van der Waals surface area contributed by atoms with Crippen molar-refractivity contribution in [2.45, 2.75) is 6.92 Å². The maximum Gasteiger partial charge on any atom is 0.239 e. The molecule has 5 nitrogen and oxygen atoms in total. The van der Waals surface area contributed by atoms with E-state index in [2.05, 4.69) is 26.0 Å². The number of halogens is 1. The van der Waals surface area contributed by atoms with E-state index in [0.717, 1.165) is 4.47 Å². The van der Waals surface area contributed by atoms with Crippen molar-refractivity contribution in [3.8, 4) is 0 Å². The highest BCUT2D eigenvalue weighted by Gasteiger charge is 2.09. The Labute approximate surface area is 109 Å². The Morgan fingerprint density at radius 2 is 1.88 bits per heavy atom. The minimum atomic E-state index is -3.33. The molecule has 0 saturated carbocycles. The van der Waals surface area contributed by atoms with Crippen molar-refractivity contribution in [2.24, 2.45) is 0 Å². The molecule has 0 saturated heterocycles. The summed E-state index contributed by atoms with van der Waals surface area (Å²) in [6.07, 6.45) is 0. The first kappa shape index (κ1) is 14.1. The lowest BCUT2D eigenvalue weighted by molar-refractivity contribution is -0.115. The fourth-order valence-electron chi connectivity index (χ4n) is 1.02. The van der Waals surface area contributed by atoms with Crippen LogP contribution < -0.4 is 10.0 Å². The normalized spacial score (nSPS) is 11.2. The van der Waals surface area contributed by atoms with Crippen LogP contribution in [-0.4, -0.2) is 26.6 Å². The number of carbonyl (C=O) groups excluding carboxylic acids is 1. The number of carbonyl (C=O) groups is 1. The van der Waals surface area contributed by atoms with Gasteiger partial charge in [-0.2, -0.15) is 0 Å². The monoisotopic (exact) mass is 320 g/mol. The van der Waals surface area contributed by atoms with Crippen LogP contribution in [0.1, 0.15) is 6.92 Å². The molecule has 1 aromatic rings. The maximum atomic E-state index is 11.4. The van der Waals surface area contributed by atoms with Gasteiger partial charge in [0.25, 0.3) is 0 Å². The van der Waals surface area contributed by atoms with E-state index in [0.29, 0.717) is 5.69 Å². The number of hydrogen-bond donors (Lipinski definition) is 2. The third kappa shape index (κ3) is 5.29. The highest BCUT2D eigenvalue weighted by atomic mass is 79.9. The molecular weight excluding hydrogens is 308 g/mol. The van der Waals surface area contributed by atoms with Gasteiger partial charge in [0.2, 0.25) is 15.9 Å². The van der Waals surface area contributed by atoms with Crippen LogP contribution in [0.2, 0.25) is 0 Å². The molecule has 1 rings (SSSR count). The van der Waals surface area contributed by atoms with Gasteiger partial charge in [-0.25, -0.2) is 13.1 Å². The minimum absolute atomic E-state index is 0.0431. The Balaban J connectivity index is 2.48. The molecule has 0 aliphatic carbocycles. The fraction of sp³-hybridized carbons (Fsp3) is 0.300. The van der Waals surface area contributed by atoms with E-state index in [9.17, 15) is 13.2 Å². The molecule has 0 fully saturated rings. The minimum Gasteiger partial charge on any atom is -0.325 e. The highest BCUT2D eigenvalue weighted by Crippen LogP contribution is 2.13. The average molecular weight is 321 g/mol. The summed E-state index contributed by atoms with van der Waals surface area (Å²) >= 11 is 3.27. The van der Waals surface area contributed by atoms with Crippen molar-refractivity contribution < 1.29 is 13.2 Å². The van der Waals surface area contributed by atoms with Crippen molar-refractivity contribution >= 4 is 37.5 Å². The molecule has 0 aliphatic rings. The van der Waals surface area contributed by atoms with Crippen LogP contribution >= 0.6 is 15.9 Å². The number of anilines is 1. The summed E-state index contributed by atoms with van der Waals surface area (Å²) in [5.41, 5.74) is 0.619. The van der Waals surface area contributed by atoms with Gasteiger partial charge in [0.1, 0.15) is 0 Å². The number of amides is 1. The molecule has 7 heteroatoms. The van der Waals surface area contributed by atoms with Gasteiger partial charge in [0, 0.05) is 10.2 Å². The van der Waals surface area contributed by atoms with Gasteiger partial charge >= 0.3 is 0 Å². The van der Waals surface area contributed by atoms with E-state index in [-0.39, 0.29) is 12.3 Å². The van der Waals surface area contributed by atoms with E-state index in [4.69, 9.17) is 0 Å². The molecule has 0 bridgehead atoms. The number of benzene rings is 1. The lowest BCUT2D eigenvalue weighted by Crippen LogP contribution is -2.33. The van der Waals surface area contributed by atoms with Crippen LogP contribution in [0.5, 0.6) is 0 Å². The fourth-order valence-corrected chi connectivity index (χ4v) is 1.84. The molecule has 0 spiro atoms. The lowest BCUT2D eigenvalue weighted by atomic mass is 10.3. The van der Waals surface area contributed by atoms with Gasteiger partial charge in [0.05, 0.1) is 12.3 Å². The standard InChI is InChI=1S/C10H13BrN2O3S/c1-2-17(15,16)12-7-10(14)13-9-5-3-8(11)4-6-9/h3-6,12H,2,7H2,1H3,(H,13,14). The number of sulfonamides is 1. The molecule has 1 aromatic carbocycles. The first-order chi connectivity index (χ1) is 7.93. The van der Waals surface area contributed by atoms with Gasteiger partial charge in [-0.1, -0.05) is 15.9 Å². The van der Waals surface area contributed by atoms with Crippen molar-refractivity contribution in [1.29, 1.82) is 0 Å². The van der Waals surface area contributed by atoms with Crippen molar-refractivity contribution in [3.63, 3.8) is 0 Å². The molecule has 0 unspecified atom stereocenters. The second kappa shape index (κ2) is 6.13. The Hall–Kier alpha value is -0.920. The van der Waals surface area contributed by atoms with Crippen LogP contribution in [0.25, 0.3) is 0 Å². The predicted molar refractivity (Wildman–Crippen MR) is 70.2 cm³/mol. The molecule has 0 heterocycles. The van der Waals surface area contributed by atoms with Gasteiger partial charge in [-0.05, 0) is 31.2 Å². The van der Waals surface area contributed by atoms with E-state index in [1.54, 1.807) is 24.3 Å². The SMILES string of the molecule is CCS(=O)(=O)NCC(=O)Nc1ccc(Br)cc1. The van der Waals surface area contributed by atoms with E-state index in [1.807, 2.05) is 0 Å². The molecule has 0 radical (unpaired) electrons. The Bertz CT molecular complexity index is 485. The molecule has 2 N–H and O–H groups in total. The third-order valence-corrected chi connectivity index (χ3v) is 3.83. The highest BCUT2D eigenvalue weighted by molar-refractivity contribution is 9.10. The maximum absolute atomic E-state index is 11.4. The first-order valence-electron chi connectivity index (χ1n) is 4.95. The van der Waals surface area contributed by atoms with Gasteiger partial charge in [-0.3, -0.25) is 4.79 Å². The Morgan fingerprint density at radius 1 is 1.29 bits per heavy atom. The Morgan fingerprint density at radius 3 is 2.41 bits per heavy atom. The molecule has 1 amide bonds. The van der Waals surface area contributed by atoms with E-state index in [1.165, 1.54) is 6.92 Å². The van der Waals surface area contributed by atoms with Crippen molar-refractivity contribution in [3.05, 3.63) is 28.7 Å². The molecule has 0 atom stereocenters. The van der Waals surface area contributed by atoms with Gasteiger partial charge in [0.15, 0.2) is 0 Å². The largest absolute Gasteiger partial charge is 0.325 e. The molecular formula is C10H13BrN2O3S. The molecule has 17 heavy (non-hydrogen) atoms. The Kier molecular flexibility index (Phi) is 5.10. The summed E-state index contributed by atoms with van der Waals surface area (Å²) in [6.45, 7) is 1.25. The summed E-state index contributed by atoms with van der Waals surface area (Å²) in [5.74, 6) is -0.442. The predicted octanol–water partition coefficient (Wildman–Crippen LogP) is 1.33. The van der Waals surface area contributed by atoms with Crippen LogP contribution in [-0.2, 0) is 14.8 Å². The number of hydrogen-bond acceptors (Lipinski definition) is 3. The quantitative estimate of drug-likeness (QED) is 0.859.